The molecule has 1 unspecified atom stereocenters. The molecule has 3 N–H and O–H groups in total. The molecule has 8 heteroatoms. The van der Waals surface area contributed by atoms with Gasteiger partial charge in [-0.1, -0.05) is 0 Å². The Hall–Kier alpha value is -0.637. The molecule has 0 spiro atoms. The first-order valence-corrected chi connectivity index (χ1v) is 4.96. The first-order valence-electron chi connectivity index (χ1n) is 3.24. The van der Waals surface area contributed by atoms with E-state index in [-0.39, 0.29) is 0 Å². The first kappa shape index (κ1) is 10.4. The number of carbonyl (C=O) groups excluding carboxylic acids is 2. The topological polar surface area (TPSA) is 113 Å². The van der Waals surface area contributed by atoms with Crippen LogP contribution < -0.4 is 0 Å². The summed E-state index contributed by atoms with van der Waals surface area (Å²) in [5.41, 5.74) is 0. The third kappa shape index (κ3) is 2.18. The van der Waals surface area contributed by atoms with Crippen molar-refractivity contribution < 1.29 is 32.4 Å². The van der Waals surface area contributed by atoms with Crippen molar-refractivity contribution in [1.82, 2.24) is 0 Å². The van der Waals surface area contributed by atoms with Gasteiger partial charge in [-0.05, 0) is 0 Å². The van der Waals surface area contributed by atoms with Crippen LogP contribution in [-0.4, -0.2) is 61.7 Å². The molecule has 1 fully saturated rings. The Balaban J connectivity index is 2.76. The van der Waals surface area contributed by atoms with E-state index in [9.17, 15) is 9.59 Å². The van der Waals surface area contributed by atoms with E-state index in [1.165, 1.54) is 0 Å². The molecule has 1 aliphatic rings. The second-order valence-electron chi connectivity index (χ2n) is 2.31. The predicted molar refractivity (Wildman–Crippen MR) is 36.0 cm³/mol. The molecule has 1 heterocycles. The second-order valence-corrected chi connectivity index (χ2v) is 3.51. The van der Waals surface area contributed by atoms with Gasteiger partial charge >= 0.3 is 78.8 Å². The van der Waals surface area contributed by atoms with Gasteiger partial charge in [-0.15, -0.1) is 0 Å². The molecule has 1 rings (SSSR count). The van der Waals surface area contributed by atoms with E-state index >= 15 is 0 Å². The fourth-order valence-corrected chi connectivity index (χ4v) is 1.61. The number of aliphatic hydroxyl groups is 3. The first-order chi connectivity index (χ1) is 6.04. The molecular weight excluding hydrogens is 245 g/mol. The molecular formula is C5H6GeO7. The van der Waals surface area contributed by atoms with Crippen molar-refractivity contribution in [2.24, 2.45) is 0 Å². The molecule has 72 valence electrons. The van der Waals surface area contributed by atoms with E-state index in [4.69, 9.17) is 15.3 Å². The van der Waals surface area contributed by atoms with Crippen molar-refractivity contribution in [2.45, 2.75) is 18.3 Å². The summed E-state index contributed by atoms with van der Waals surface area (Å²) in [5, 5.41) is 26.9. The summed E-state index contributed by atoms with van der Waals surface area (Å²) in [6.07, 6.45) is -5.73. The Labute approximate surface area is 79.4 Å². The molecule has 1 saturated heterocycles. The zero-order valence-corrected chi connectivity index (χ0v) is 8.30. The van der Waals surface area contributed by atoms with Crippen molar-refractivity contribution in [3.63, 3.8) is 0 Å². The van der Waals surface area contributed by atoms with Crippen LogP contribution in [0.15, 0.2) is 0 Å². The average Bonchev–Trinajstić information content (AvgIpc) is 2.12. The molecule has 0 aromatic carbocycles. The Kier molecular flexibility index (Phi) is 3.25. The third-order valence-electron chi connectivity index (χ3n) is 1.41. The van der Waals surface area contributed by atoms with Gasteiger partial charge in [0.15, 0.2) is 0 Å². The van der Waals surface area contributed by atoms with Crippen LogP contribution >= 0.6 is 0 Å². The van der Waals surface area contributed by atoms with Gasteiger partial charge in [0.2, 0.25) is 0 Å². The van der Waals surface area contributed by atoms with Crippen molar-refractivity contribution in [3.8, 4) is 0 Å². The van der Waals surface area contributed by atoms with E-state index in [0.29, 0.717) is 0 Å². The van der Waals surface area contributed by atoms with Gasteiger partial charge in [-0.25, -0.2) is 0 Å². The summed E-state index contributed by atoms with van der Waals surface area (Å²) >= 11 is -1.74. The van der Waals surface area contributed by atoms with Gasteiger partial charge in [0.1, 0.15) is 0 Å². The van der Waals surface area contributed by atoms with Gasteiger partial charge < -0.3 is 0 Å². The van der Waals surface area contributed by atoms with Crippen molar-refractivity contribution in [2.75, 3.05) is 0 Å². The normalized spacial score (nSPS) is 35.8. The molecule has 0 saturated carbocycles. The maximum absolute atomic E-state index is 10.7. The number of carbonyl (C=O) groups is 2. The van der Waals surface area contributed by atoms with Crippen molar-refractivity contribution in [1.29, 1.82) is 0 Å². The fourth-order valence-electron chi connectivity index (χ4n) is 0.675. The van der Waals surface area contributed by atoms with E-state index < -0.39 is 46.4 Å². The SMILES string of the molecule is O=C1[O][Ge][O]C(=O)[C@H](O)C(O)[C@@H]1O. The predicted octanol–water partition coefficient (Wildman–Crippen LogP) is -3.30. The Morgan fingerprint density at radius 1 is 1.00 bits per heavy atom. The Morgan fingerprint density at radius 2 is 1.38 bits per heavy atom. The summed E-state index contributed by atoms with van der Waals surface area (Å²) in [6.45, 7) is 0. The van der Waals surface area contributed by atoms with Crippen molar-refractivity contribution >= 4 is 28.0 Å². The zero-order valence-electron chi connectivity index (χ0n) is 6.21. The van der Waals surface area contributed by atoms with Crippen molar-refractivity contribution in [3.05, 3.63) is 0 Å². The summed E-state index contributed by atoms with van der Waals surface area (Å²) in [7, 11) is 0. The van der Waals surface area contributed by atoms with E-state index in [2.05, 4.69) is 7.53 Å². The Morgan fingerprint density at radius 3 is 1.77 bits per heavy atom. The molecule has 0 bridgehead atoms. The molecule has 7 nitrogen and oxygen atoms in total. The van der Waals surface area contributed by atoms with Crippen LogP contribution in [0.2, 0.25) is 0 Å². The molecule has 3 atom stereocenters. The monoisotopic (exact) mass is 252 g/mol. The molecule has 2 radical (unpaired) electrons. The van der Waals surface area contributed by atoms with Crippen LogP contribution in [0.1, 0.15) is 0 Å². The van der Waals surface area contributed by atoms with Gasteiger partial charge in [0.05, 0.1) is 0 Å². The number of hydrogen-bond donors (Lipinski definition) is 3. The van der Waals surface area contributed by atoms with Crippen LogP contribution in [0.4, 0.5) is 0 Å². The average molecular weight is 251 g/mol. The zero-order chi connectivity index (χ0) is 10.0. The second kappa shape index (κ2) is 4.05. The van der Waals surface area contributed by atoms with Crippen LogP contribution in [0, 0.1) is 0 Å². The van der Waals surface area contributed by atoms with Crippen LogP contribution in [0.25, 0.3) is 0 Å². The van der Waals surface area contributed by atoms with E-state index in [0.717, 1.165) is 0 Å². The van der Waals surface area contributed by atoms with Crippen LogP contribution in [0.5, 0.6) is 0 Å². The molecule has 0 aliphatic carbocycles. The summed E-state index contributed by atoms with van der Waals surface area (Å²) in [6, 6.07) is 0. The minimum absolute atomic E-state index is 1.10. The summed E-state index contributed by atoms with van der Waals surface area (Å²) in [4.78, 5) is 21.5. The third-order valence-corrected chi connectivity index (χ3v) is 2.61. The number of rotatable bonds is 0. The molecule has 0 aromatic heterocycles. The van der Waals surface area contributed by atoms with Gasteiger partial charge in [0, 0.05) is 0 Å². The maximum atomic E-state index is 10.7. The van der Waals surface area contributed by atoms with E-state index in [1.54, 1.807) is 0 Å². The van der Waals surface area contributed by atoms with Gasteiger partial charge in [0.25, 0.3) is 0 Å². The van der Waals surface area contributed by atoms with Gasteiger partial charge in [-0.2, -0.15) is 0 Å². The van der Waals surface area contributed by atoms with Crippen LogP contribution in [-0.2, 0) is 17.1 Å². The number of aliphatic hydroxyl groups excluding tert-OH is 3. The Bertz CT molecular complexity index is 207. The fraction of sp³-hybridized carbons (Fsp3) is 0.600. The minimum atomic E-state index is -1.91. The summed E-state index contributed by atoms with van der Waals surface area (Å²) in [5.74, 6) is -2.20. The standard InChI is InChI=1S/C5H6GeO7/c7-1-2(8)4(10)12-6-13-5(11)3(1)9/h1-3,7-9H/t1?,2-,3+. The van der Waals surface area contributed by atoms with E-state index in [1.807, 2.05) is 0 Å². The van der Waals surface area contributed by atoms with Crippen LogP contribution in [0.3, 0.4) is 0 Å². The van der Waals surface area contributed by atoms with Gasteiger partial charge in [-0.3, -0.25) is 0 Å². The number of hydrogen-bond acceptors (Lipinski definition) is 7. The molecule has 0 amide bonds. The molecule has 1 aliphatic heterocycles. The summed E-state index contributed by atoms with van der Waals surface area (Å²) < 4.78 is 8.61. The molecule has 0 aromatic rings. The molecule has 13 heavy (non-hydrogen) atoms. The quantitative estimate of drug-likeness (QED) is 0.386.